The summed E-state index contributed by atoms with van der Waals surface area (Å²) in [6.45, 7) is 3.30. The lowest BCUT2D eigenvalue weighted by Gasteiger charge is -2.64. The molecule has 1 spiro atoms. The van der Waals surface area contributed by atoms with E-state index in [2.05, 4.69) is 29.2 Å². The normalized spacial score (nSPS) is 34.4. The number of phenolic OH excluding ortho intramolecular Hbond substituents is 1. The average Bonchev–Trinajstić information content (AvgIpc) is 3.53. The standard InChI is InChI=1S/C30H35NO5/c32-23-11-10-21-18-25-30(35-17-4-8-20-6-2-1-3-7-20)13-12-24(33)28-29(30,26(21)27(23)36-28)14-15-31(25)19-22-9-5-16-34-22/h1-3,6-7,10-11,22,25,28,32H,4-5,8-9,12-19H2/t22?,25-,28+,29+,30-/m1/s1. The topological polar surface area (TPSA) is 68.2 Å². The molecule has 0 amide bonds. The van der Waals surface area contributed by atoms with Crippen LogP contribution in [0.25, 0.3) is 0 Å². The fourth-order valence-electron chi connectivity index (χ4n) is 8.12. The summed E-state index contributed by atoms with van der Waals surface area (Å²) in [4.78, 5) is 15.9. The van der Waals surface area contributed by atoms with Crippen LogP contribution in [-0.4, -0.2) is 65.9 Å². The molecule has 3 heterocycles. The molecule has 2 aromatic carbocycles. The van der Waals surface area contributed by atoms with Crippen LogP contribution in [0.4, 0.5) is 0 Å². The highest BCUT2D eigenvalue weighted by Gasteiger charge is 2.74. The van der Waals surface area contributed by atoms with Gasteiger partial charge in [0.2, 0.25) is 0 Å². The number of hydrogen-bond acceptors (Lipinski definition) is 6. The average molecular weight is 490 g/mol. The van der Waals surface area contributed by atoms with E-state index in [1.165, 1.54) is 11.1 Å². The largest absolute Gasteiger partial charge is 0.504 e. The van der Waals surface area contributed by atoms with Gasteiger partial charge in [0, 0.05) is 37.8 Å². The number of aryl methyl sites for hydroxylation is 1. The minimum atomic E-state index is -0.574. The van der Waals surface area contributed by atoms with Crippen molar-refractivity contribution in [3.05, 3.63) is 59.2 Å². The van der Waals surface area contributed by atoms with Crippen molar-refractivity contribution >= 4 is 5.78 Å². The molecule has 6 nitrogen and oxygen atoms in total. The number of carbonyl (C=O) groups excluding carboxylic acids is 1. The maximum atomic E-state index is 13.4. The Morgan fingerprint density at radius 2 is 2.03 bits per heavy atom. The molecule has 0 aromatic heterocycles. The second-order valence-electron chi connectivity index (χ2n) is 11.3. The quantitative estimate of drug-likeness (QED) is 0.594. The summed E-state index contributed by atoms with van der Waals surface area (Å²) in [5.41, 5.74) is 2.53. The minimum Gasteiger partial charge on any atom is -0.504 e. The van der Waals surface area contributed by atoms with Gasteiger partial charge in [0.1, 0.15) is 0 Å². The summed E-state index contributed by atoms with van der Waals surface area (Å²) in [5, 5.41) is 10.8. The molecule has 2 bridgehead atoms. The van der Waals surface area contributed by atoms with Gasteiger partial charge in [0.25, 0.3) is 0 Å². The summed E-state index contributed by atoms with van der Waals surface area (Å²) < 4.78 is 19.5. The van der Waals surface area contributed by atoms with Crippen LogP contribution in [0.1, 0.15) is 55.2 Å². The molecule has 3 fully saturated rings. The smallest absolute Gasteiger partial charge is 0.174 e. The first-order chi connectivity index (χ1) is 17.6. The van der Waals surface area contributed by atoms with Crippen LogP contribution in [0.5, 0.6) is 11.5 Å². The number of ketones is 1. The number of benzene rings is 2. The molecule has 6 heteroatoms. The second-order valence-corrected chi connectivity index (χ2v) is 11.3. The monoisotopic (exact) mass is 489 g/mol. The van der Waals surface area contributed by atoms with Crippen LogP contribution in [-0.2, 0) is 32.5 Å². The van der Waals surface area contributed by atoms with Gasteiger partial charge in [-0.15, -0.1) is 0 Å². The van der Waals surface area contributed by atoms with Crippen molar-refractivity contribution in [3.63, 3.8) is 0 Å². The number of rotatable bonds is 7. The third-order valence-electron chi connectivity index (χ3n) is 9.60. The first-order valence-corrected chi connectivity index (χ1v) is 13.7. The van der Waals surface area contributed by atoms with Crippen molar-refractivity contribution in [2.24, 2.45) is 0 Å². The van der Waals surface area contributed by atoms with Gasteiger partial charge in [-0.1, -0.05) is 36.4 Å². The van der Waals surface area contributed by atoms with Gasteiger partial charge in [-0.05, 0) is 68.7 Å². The van der Waals surface area contributed by atoms with Gasteiger partial charge in [0.05, 0.1) is 17.1 Å². The lowest BCUT2D eigenvalue weighted by molar-refractivity contribution is -0.215. The van der Waals surface area contributed by atoms with Crippen molar-refractivity contribution < 1.29 is 24.1 Å². The Hall–Kier alpha value is -2.41. The van der Waals surface area contributed by atoms with Gasteiger partial charge in [0.15, 0.2) is 23.4 Å². The van der Waals surface area contributed by atoms with E-state index < -0.39 is 17.1 Å². The number of nitrogens with zero attached hydrogens (tertiary/aromatic N) is 1. The Balaban J connectivity index is 1.27. The fourth-order valence-corrected chi connectivity index (χ4v) is 8.12. The van der Waals surface area contributed by atoms with E-state index in [0.29, 0.717) is 25.2 Å². The third kappa shape index (κ3) is 3.17. The molecule has 36 heavy (non-hydrogen) atoms. The molecule has 1 N–H and O–H groups in total. The molecule has 2 saturated heterocycles. The van der Waals surface area contributed by atoms with Crippen molar-refractivity contribution in [2.45, 2.75) is 80.6 Å². The molecular weight excluding hydrogens is 454 g/mol. The molecule has 5 atom stereocenters. The fraction of sp³-hybridized carbons (Fsp3) is 0.567. The van der Waals surface area contributed by atoms with Crippen LogP contribution < -0.4 is 4.74 Å². The molecule has 7 rings (SSSR count). The first kappa shape index (κ1) is 22.8. The number of phenols is 1. The molecule has 5 aliphatic rings. The van der Waals surface area contributed by atoms with E-state index in [1.54, 1.807) is 6.07 Å². The zero-order valence-electron chi connectivity index (χ0n) is 20.8. The van der Waals surface area contributed by atoms with Crippen LogP contribution >= 0.6 is 0 Å². The molecule has 0 radical (unpaired) electrons. The number of piperidine rings is 1. The van der Waals surface area contributed by atoms with E-state index in [1.807, 2.05) is 12.1 Å². The molecule has 190 valence electrons. The second kappa shape index (κ2) is 8.57. The Morgan fingerprint density at radius 3 is 2.86 bits per heavy atom. The predicted octanol–water partition coefficient (Wildman–Crippen LogP) is 3.95. The summed E-state index contributed by atoms with van der Waals surface area (Å²) in [7, 11) is 0. The molecule has 2 aromatic rings. The zero-order chi connectivity index (χ0) is 24.3. The Bertz CT molecular complexity index is 1160. The Morgan fingerprint density at radius 1 is 1.14 bits per heavy atom. The zero-order valence-corrected chi connectivity index (χ0v) is 20.8. The van der Waals surface area contributed by atoms with Crippen LogP contribution in [0, 0.1) is 0 Å². The number of carbonyl (C=O) groups is 1. The molecular formula is C30H35NO5. The highest BCUT2D eigenvalue weighted by molar-refractivity contribution is 5.90. The van der Waals surface area contributed by atoms with Crippen LogP contribution in [0.15, 0.2) is 42.5 Å². The summed E-state index contributed by atoms with van der Waals surface area (Å²) >= 11 is 0. The van der Waals surface area contributed by atoms with E-state index in [-0.39, 0.29) is 23.7 Å². The molecule has 1 saturated carbocycles. The lowest BCUT2D eigenvalue weighted by Crippen LogP contribution is -2.77. The van der Waals surface area contributed by atoms with Crippen molar-refractivity contribution in [1.29, 1.82) is 0 Å². The van der Waals surface area contributed by atoms with Gasteiger partial charge in [-0.25, -0.2) is 0 Å². The van der Waals surface area contributed by atoms with E-state index >= 15 is 0 Å². The highest BCUT2D eigenvalue weighted by atomic mass is 16.5. The van der Waals surface area contributed by atoms with Crippen molar-refractivity contribution in [1.82, 2.24) is 4.90 Å². The predicted molar refractivity (Wildman–Crippen MR) is 135 cm³/mol. The summed E-state index contributed by atoms with van der Waals surface area (Å²) in [6, 6.07) is 14.5. The van der Waals surface area contributed by atoms with E-state index in [9.17, 15) is 9.90 Å². The maximum Gasteiger partial charge on any atom is 0.174 e. The number of likely N-dealkylation sites (tertiary alicyclic amines) is 1. The number of hydrogen-bond donors (Lipinski definition) is 1. The van der Waals surface area contributed by atoms with Gasteiger partial charge in [-0.3, -0.25) is 9.69 Å². The molecule has 2 aliphatic carbocycles. The number of Topliss-reactive ketones (excluding diaryl/α,β-unsaturated/α-hetero) is 1. The van der Waals surface area contributed by atoms with Gasteiger partial charge in [-0.2, -0.15) is 0 Å². The summed E-state index contributed by atoms with van der Waals surface area (Å²) in [6.07, 6.45) is 6.64. The van der Waals surface area contributed by atoms with E-state index in [0.717, 1.165) is 63.8 Å². The SMILES string of the molecule is O=C1CC[C@@]2(OCCCc3ccccc3)[C@H]3Cc4ccc(O)c5c4[C@@]2(CCN3CC2CCCO2)[C@H]1O5. The molecule has 3 aliphatic heterocycles. The highest BCUT2D eigenvalue weighted by Crippen LogP contribution is 2.66. The Labute approximate surface area is 212 Å². The maximum absolute atomic E-state index is 13.4. The van der Waals surface area contributed by atoms with E-state index in [4.69, 9.17) is 14.2 Å². The number of aromatic hydroxyl groups is 1. The van der Waals surface area contributed by atoms with Crippen molar-refractivity contribution in [3.8, 4) is 11.5 Å². The van der Waals surface area contributed by atoms with Crippen LogP contribution in [0.2, 0.25) is 0 Å². The van der Waals surface area contributed by atoms with Gasteiger partial charge >= 0.3 is 0 Å². The van der Waals surface area contributed by atoms with Crippen molar-refractivity contribution in [2.75, 3.05) is 26.3 Å². The Kier molecular flexibility index (Phi) is 5.42. The van der Waals surface area contributed by atoms with Gasteiger partial charge < -0.3 is 19.3 Å². The third-order valence-corrected chi connectivity index (χ3v) is 9.60. The van der Waals surface area contributed by atoms with Crippen LogP contribution in [0.3, 0.4) is 0 Å². The lowest BCUT2D eigenvalue weighted by atomic mass is 9.48. The minimum absolute atomic E-state index is 0.142. The summed E-state index contributed by atoms with van der Waals surface area (Å²) in [5.74, 6) is 0.813. The number of ether oxygens (including phenoxy) is 3. The molecule has 1 unspecified atom stereocenters. The first-order valence-electron chi connectivity index (χ1n) is 13.7.